The second kappa shape index (κ2) is 5.84. The third-order valence-electron chi connectivity index (χ3n) is 3.22. The summed E-state index contributed by atoms with van der Waals surface area (Å²) in [6.45, 7) is 0.497. The molecule has 0 aliphatic carbocycles. The third-order valence-corrected chi connectivity index (χ3v) is 5.95. The zero-order valence-electron chi connectivity index (χ0n) is 10.5. The monoisotopic (exact) mass is 367 g/mol. The topological polar surface area (TPSA) is 108 Å². The maximum Gasteiger partial charge on any atom is 0.371 e. The summed E-state index contributed by atoms with van der Waals surface area (Å²) in [5.74, 6) is -1.87. The largest absolute Gasteiger partial charge is 0.475 e. The Labute approximate surface area is 124 Å². The first-order valence-corrected chi connectivity index (χ1v) is 8.23. The number of nitrogens with zero attached hydrogens (tertiary/aromatic N) is 1. The normalized spacial score (nSPS) is 21.0. The maximum absolute atomic E-state index is 12.5. The highest BCUT2D eigenvalue weighted by Crippen LogP contribution is 2.31. The van der Waals surface area contributed by atoms with Gasteiger partial charge in [0.25, 0.3) is 0 Å². The van der Waals surface area contributed by atoms with Crippen LogP contribution in [-0.4, -0.2) is 48.6 Å². The Bertz CT molecular complexity index is 610. The van der Waals surface area contributed by atoms with E-state index >= 15 is 0 Å². The van der Waals surface area contributed by atoms with Gasteiger partial charge in [0.2, 0.25) is 15.8 Å². The SMILES string of the molecule is O=C(O)c1cc(S(=O)(=O)N2CCCC(CO)C2)c(Br)o1. The molecule has 1 saturated heterocycles. The number of carboxylic acids is 1. The fraction of sp³-hybridized carbons (Fsp3) is 0.545. The Balaban J connectivity index is 2.32. The summed E-state index contributed by atoms with van der Waals surface area (Å²) in [6, 6.07) is 0.990. The molecule has 112 valence electrons. The van der Waals surface area contributed by atoms with Crippen LogP contribution < -0.4 is 0 Å². The van der Waals surface area contributed by atoms with Gasteiger partial charge in [0, 0.05) is 25.8 Å². The lowest BCUT2D eigenvalue weighted by atomic mass is 10.0. The highest BCUT2D eigenvalue weighted by atomic mass is 79.9. The number of aliphatic hydroxyl groups is 1. The molecule has 1 aliphatic rings. The molecule has 0 spiro atoms. The van der Waals surface area contributed by atoms with Crippen LogP contribution in [0.4, 0.5) is 0 Å². The van der Waals surface area contributed by atoms with Gasteiger partial charge in [-0.15, -0.1) is 0 Å². The van der Waals surface area contributed by atoms with Crippen LogP contribution in [0.1, 0.15) is 23.4 Å². The number of furan rings is 1. The van der Waals surface area contributed by atoms with Crippen LogP contribution >= 0.6 is 15.9 Å². The lowest BCUT2D eigenvalue weighted by Gasteiger charge is -2.30. The quantitative estimate of drug-likeness (QED) is 0.825. The van der Waals surface area contributed by atoms with Gasteiger partial charge in [0.05, 0.1) is 0 Å². The molecular formula is C11H14BrNO6S. The molecule has 2 N–H and O–H groups in total. The second-order valence-electron chi connectivity index (χ2n) is 4.61. The minimum atomic E-state index is -3.83. The van der Waals surface area contributed by atoms with Gasteiger partial charge in [0.1, 0.15) is 4.90 Å². The second-order valence-corrected chi connectivity index (χ2v) is 7.23. The van der Waals surface area contributed by atoms with E-state index in [1.807, 2.05) is 0 Å². The summed E-state index contributed by atoms with van der Waals surface area (Å²) in [6.07, 6.45) is 1.43. The number of rotatable bonds is 4. The Morgan fingerprint density at radius 3 is 2.80 bits per heavy atom. The molecule has 0 bridgehead atoms. The lowest BCUT2D eigenvalue weighted by Crippen LogP contribution is -2.40. The molecule has 1 aromatic rings. The van der Waals surface area contributed by atoms with Gasteiger partial charge in [-0.3, -0.25) is 0 Å². The van der Waals surface area contributed by atoms with Crippen molar-refractivity contribution in [3.05, 3.63) is 16.5 Å². The van der Waals surface area contributed by atoms with Crippen molar-refractivity contribution >= 4 is 31.9 Å². The Morgan fingerprint density at radius 1 is 1.55 bits per heavy atom. The molecule has 1 unspecified atom stereocenters. The van der Waals surface area contributed by atoms with Crippen LogP contribution in [0.3, 0.4) is 0 Å². The van der Waals surface area contributed by atoms with Gasteiger partial charge >= 0.3 is 5.97 Å². The van der Waals surface area contributed by atoms with Crippen LogP contribution in [0.5, 0.6) is 0 Å². The van der Waals surface area contributed by atoms with Crippen LogP contribution in [-0.2, 0) is 10.0 Å². The number of piperidine rings is 1. The predicted molar refractivity (Wildman–Crippen MR) is 71.9 cm³/mol. The van der Waals surface area contributed by atoms with Crippen molar-refractivity contribution in [2.45, 2.75) is 17.7 Å². The minimum Gasteiger partial charge on any atom is -0.475 e. The maximum atomic E-state index is 12.5. The van der Waals surface area contributed by atoms with Gasteiger partial charge in [-0.2, -0.15) is 4.31 Å². The number of carbonyl (C=O) groups is 1. The molecular weight excluding hydrogens is 354 g/mol. The third kappa shape index (κ3) is 2.90. The molecule has 20 heavy (non-hydrogen) atoms. The van der Waals surface area contributed by atoms with Gasteiger partial charge < -0.3 is 14.6 Å². The first-order chi connectivity index (χ1) is 9.36. The number of aromatic carboxylic acids is 1. The highest BCUT2D eigenvalue weighted by molar-refractivity contribution is 9.10. The van der Waals surface area contributed by atoms with Gasteiger partial charge in [-0.1, -0.05) is 0 Å². The number of aliphatic hydroxyl groups excluding tert-OH is 1. The zero-order valence-corrected chi connectivity index (χ0v) is 12.9. The van der Waals surface area contributed by atoms with Crippen molar-refractivity contribution in [3.8, 4) is 0 Å². The van der Waals surface area contributed by atoms with Gasteiger partial charge in [-0.25, -0.2) is 13.2 Å². The number of hydrogen-bond donors (Lipinski definition) is 2. The fourth-order valence-corrected chi connectivity index (χ4v) is 4.62. The average Bonchev–Trinajstić information content (AvgIpc) is 2.82. The van der Waals surface area contributed by atoms with Crippen LogP contribution in [0.2, 0.25) is 0 Å². The average molecular weight is 368 g/mol. The van der Waals surface area contributed by atoms with E-state index < -0.39 is 21.8 Å². The van der Waals surface area contributed by atoms with E-state index in [0.29, 0.717) is 13.0 Å². The van der Waals surface area contributed by atoms with Crippen LogP contribution in [0.25, 0.3) is 0 Å². The Hall–Kier alpha value is -0.900. The number of halogens is 1. The van der Waals surface area contributed by atoms with Gasteiger partial charge in [-0.05, 0) is 34.7 Å². The molecule has 0 amide bonds. The number of sulfonamides is 1. The van der Waals surface area contributed by atoms with E-state index in [2.05, 4.69) is 15.9 Å². The molecule has 1 fully saturated rings. The van der Waals surface area contributed by atoms with Crippen LogP contribution in [0, 0.1) is 5.92 Å². The van der Waals surface area contributed by atoms with Gasteiger partial charge in [0.15, 0.2) is 4.67 Å². The summed E-state index contributed by atoms with van der Waals surface area (Å²) in [5.41, 5.74) is 0. The fourth-order valence-electron chi connectivity index (χ4n) is 2.17. The molecule has 1 atom stereocenters. The number of hydrogen-bond acceptors (Lipinski definition) is 5. The predicted octanol–water partition coefficient (Wildman–Crippen LogP) is 1.13. The first-order valence-electron chi connectivity index (χ1n) is 6.00. The zero-order chi connectivity index (χ0) is 14.9. The van der Waals surface area contributed by atoms with E-state index in [4.69, 9.17) is 14.6 Å². The van der Waals surface area contributed by atoms with Crippen molar-refractivity contribution < 1.29 is 27.8 Å². The van der Waals surface area contributed by atoms with Crippen molar-refractivity contribution in [1.29, 1.82) is 0 Å². The summed E-state index contributed by atoms with van der Waals surface area (Å²) < 4.78 is 30.9. The number of carboxylic acid groups (broad SMARTS) is 1. The molecule has 9 heteroatoms. The summed E-state index contributed by atoms with van der Waals surface area (Å²) in [5, 5.41) is 18.0. The smallest absolute Gasteiger partial charge is 0.371 e. The highest BCUT2D eigenvalue weighted by Gasteiger charge is 2.33. The molecule has 2 heterocycles. The summed E-state index contributed by atoms with van der Waals surface area (Å²) in [7, 11) is -3.83. The molecule has 0 saturated carbocycles. The molecule has 7 nitrogen and oxygen atoms in total. The Morgan fingerprint density at radius 2 is 2.25 bits per heavy atom. The Kier molecular flexibility index (Phi) is 4.52. The summed E-state index contributed by atoms with van der Waals surface area (Å²) in [4.78, 5) is 10.6. The minimum absolute atomic E-state index is 0.0705. The van der Waals surface area contributed by atoms with Crippen molar-refractivity contribution in [3.63, 3.8) is 0 Å². The van der Waals surface area contributed by atoms with E-state index in [-0.39, 0.29) is 28.6 Å². The van der Waals surface area contributed by atoms with Crippen LogP contribution in [0.15, 0.2) is 20.0 Å². The summed E-state index contributed by atoms with van der Waals surface area (Å²) >= 11 is 2.93. The molecule has 0 radical (unpaired) electrons. The van der Waals surface area contributed by atoms with Crippen molar-refractivity contribution in [2.24, 2.45) is 5.92 Å². The molecule has 0 aromatic carbocycles. The van der Waals surface area contributed by atoms with E-state index in [0.717, 1.165) is 12.5 Å². The molecule has 1 aromatic heterocycles. The molecule has 1 aliphatic heterocycles. The van der Waals surface area contributed by atoms with Crippen molar-refractivity contribution in [2.75, 3.05) is 19.7 Å². The molecule has 2 rings (SSSR count). The van der Waals surface area contributed by atoms with E-state index in [9.17, 15) is 13.2 Å². The van der Waals surface area contributed by atoms with Crippen molar-refractivity contribution in [1.82, 2.24) is 4.31 Å². The van der Waals surface area contributed by atoms with E-state index in [1.165, 1.54) is 4.31 Å². The lowest BCUT2D eigenvalue weighted by molar-refractivity contribution is 0.0661. The first kappa shape index (κ1) is 15.5. The standard InChI is InChI=1S/C11H14BrNO6S/c12-10-9(4-8(19-10)11(15)16)20(17,18)13-3-1-2-7(5-13)6-14/h4,7,14H,1-3,5-6H2,(H,15,16). The van der Waals surface area contributed by atoms with E-state index in [1.54, 1.807) is 0 Å².